The molecule has 0 bridgehead atoms. The predicted octanol–water partition coefficient (Wildman–Crippen LogP) is 7.45. The number of rotatable bonds is 10. The van der Waals surface area contributed by atoms with Crippen LogP contribution in [-0.4, -0.2) is 35.3 Å². The quantitative estimate of drug-likeness (QED) is 0.202. The van der Waals surface area contributed by atoms with Crippen LogP contribution in [0.4, 0.5) is 13.2 Å². The minimum Gasteiger partial charge on any atom is -0.486 e. The third-order valence-corrected chi connectivity index (χ3v) is 7.07. The van der Waals surface area contributed by atoms with Crippen LogP contribution in [0.15, 0.2) is 71.6 Å². The van der Waals surface area contributed by atoms with E-state index in [-0.39, 0.29) is 12.4 Å². The van der Waals surface area contributed by atoms with Gasteiger partial charge in [0.15, 0.2) is 6.61 Å². The van der Waals surface area contributed by atoms with Gasteiger partial charge in [-0.3, -0.25) is 0 Å². The van der Waals surface area contributed by atoms with Gasteiger partial charge < -0.3 is 19.3 Å². The second-order valence-electron chi connectivity index (χ2n) is 7.98. The fourth-order valence-electron chi connectivity index (χ4n) is 3.53. The Bertz CT molecular complexity index is 1400. The lowest BCUT2D eigenvalue weighted by Gasteiger charge is -2.10. The van der Waals surface area contributed by atoms with Crippen molar-refractivity contribution < 1.29 is 37.3 Å². The smallest absolute Gasteiger partial charge is 0.486 e. The number of hydrogen-bond acceptors (Lipinski definition) is 7. The molecular weight excluding hydrogens is 539 g/mol. The van der Waals surface area contributed by atoms with Gasteiger partial charge >= 0.3 is 12.3 Å². The van der Waals surface area contributed by atoms with E-state index >= 15 is 0 Å². The Labute approximate surface area is 225 Å². The van der Waals surface area contributed by atoms with Gasteiger partial charge in [0.2, 0.25) is 0 Å². The van der Waals surface area contributed by atoms with Gasteiger partial charge in [-0.05, 0) is 78.9 Å². The molecule has 0 fully saturated rings. The van der Waals surface area contributed by atoms with Crippen molar-refractivity contribution in [2.24, 2.45) is 0 Å². The van der Waals surface area contributed by atoms with Gasteiger partial charge in [-0.2, -0.15) is 0 Å². The maximum Gasteiger partial charge on any atom is 0.573 e. The highest BCUT2D eigenvalue weighted by Crippen LogP contribution is 2.39. The SMILES string of the molecule is CSc1ccc(-c2sc(COc3ccc(OCC(=O)O)c(C)c3)nc2-c2ccc(OC(F)(F)F)cc2)cc1. The van der Waals surface area contributed by atoms with Crippen molar-refractivity contribution in [2.75, 3.05) is 12.9 Å². The highest BCUT2D eigenvalue weighted by atomic mass is 32.2. The zero-order valence-electron chi connectivity index (χ0n) is 20.2. The van der Waals surface area contributed by atoms with Crippen molar-refractivity contribution in [3.05, 3.63) is 77.3 Å². The number of carboxylic acid groups (broad SMARTS) is 1. The molecule has 6 nitrogen and oxygen atoms in total. The zero-order valence-corrected chi connectivity index (χ0v) is 21.9. The number of nitrogens with zero attached hydrogens (tertiary/aromatic N) is 1. The molecule has 11 heteroatoms. The molecule has 0 radical (unpaired) electrons. The van der Waals surface area contributed by atoms with E-state index in [0.29, 0.717) is 27.8 Å². The third-order valence-electron chi connectivity index (χ3n) is 5.24. The first-order valence-electron chi connectivity index (χ1n) is 11.2. The fourth-order valence-corrected chi connectivity index (χ4v) is 4.95. The number of thiazole rings is 1. The Morgan fingerprint density at radius 2 is 1.63 bits per heavy atom. The summed E-state index contributed by atoms with van der Waals surface area (Å²) in [5.41, 5.74) is 2.91. The summed E-state index contributed by atoms with van der Waals surface area (Å²) < 4.78 is 52.9. The van der Waals surface area contributed by atoms with Crippen LogP contribution in [0.25, 0.3) is 21.7 Å². The molecule has 1 heterocycles. The highest BCUT2D eigenvalue weighted by molar-refractivity contribution is 7.98. The van der Waals surface area contributed by atoms with Crippen molar-refractivity contribution in [2.45, 2.75) is 24.8 Å². The number of aromatic nitrogens is 1. The van der Waals surface area contributed by atoms with Gasteiger partial charge in [0, 0.05) is 10.5 Å². The summed E-state index contributed by atoms with van der Waals surface area (Å²) in [5, 5.41) is 9.47. The van der Waals surface area contributed by atoms with Gasteiger partial charge in [0.25, 0.3) is 0 Å². The number of alkyl halides is 3. The van der Waals surface area contributed by atoms with Crippen LogP contribution in [0.1, 0.15) is 10.6 Å². The second-order valence-corrected chi connectivity index (χ2v) is 9.95. The summed E-state index contributed by atoms with van der Waals surface area (Å²) in [5.74, 6) is -0.366. The van der Waals surface area contributed by atoms with Crippen LogP contribution < -0.4 is 14.2 Å². The lowest BCUT2D eigenvalue weighted by Crippen LogP contribution is -2.16. The normalized spacial score (nSPS) is 11.3. The minimum atomic E-state index is -4.77. The number of thioether (sulfide) groups is 1. The number of ether oxygens (including phenoxy) is 3. The Morgan fingerprint density at radius 1 is 0.974 bits per heavy atom. The maximum atomic E-state index is 12.6. The van der Waals surface area contributed by atoms with Crippen molar-refractivity contribution in [3.8, 4) is 38.9 Å². The number of carboxylic acids is 1. The Morgan fingerprint density at radius 3 is 2.24 bits per heavy atom. The van der Waals surface area contributed by atoms with Crippen LogP contribution in [0.3, 0.4) is 0 Å². The molecule has 0 aliphatic heterocycles. The summed E-state index contributed by atoms with van der Waals surface area (Å²) in [6.45, 7) is 1.51. The number of carbonyl (C=O) groups is 1. The van der Waals surface area contributed by atoms with Crippen molar-refractivity contribution in [1.29, 1.82) is 0 Å². The fraction of sp³-hybridized carbons (Fsp3) is 0.185. The number of benzene rings is 3. The summed E-state index contributed by atoms with van der Waals surface area (Å²) in [6, 6.07) is 18.6. The summed E-state index contributed by atoms with van der Waals surface area (Å²) in [7, 11) is 0. The maximum absolute atomic E-state index is 12.6. The molecule has 38 heavy (non-hydrogen) atoms. The van der Waals surface area contributed by atoms with Crippen LogP contribution in [-0.2, 0) is 11.4 Å². The van der Waals surface area contributed by atoms with E-state index in [1.165, 1.54) is 23.5 Å². The molecule has 0 unspecified atom stereocenters. The average molecular weight is 562 g/mol. The van der Waals surface area contributed by atoms with E-state index in [1.54, 1.807) is 49.0 Å². The predicted molar refractivity (Wildman–Crippen MR) is 140 cm³/mol. The van der Waals surface area contributed by atoms with E-state index in [1.807, 2.05) is 30.5 Å². The van der Waals surface area contributed by atoms with E-state index in [9.17, 15) is 18.0 Å². The molecule has 0 amide bonds. The Kier molecular flexibility index (Phi) is 8.48. The van der Waals surface area contributed by atoms with Crippen LogP contribution in [0.5, 0.6) is 17.2 Å². The summed E-state index contributed by atoms with van der Waals surface area (Å²) >= 11 is 3.05. The Hall–Kier alpha value is -3.70. The number of aryl methyl sites for hydroxylation is 1. The molecule has 0 saturated carbocycles. The largest absolute Gasteiger partial charge is 0.573 e. The summed E-state index contributed by atoms with van der Waals surface area (Å²) in [4.78, 5) is 17.4. The first-order valence-corrected chi connectivity index (χ1v) is 13.2. The van der Waals surface area contributed by atoms with Crippen molar-refractivity contribution >= 4 is 29.1 Å². The topological polar surface area (TPSA) is 77.9 Å². The molecule has 198 valence electrons. The summed E-state index contributed by atoms with van der Waals surface area (Å²) in [6.07, 6.45) is -2.78. The molecule has 1 aromatic heterocycles. The van der Waals surface area contributed by atoms with Crippen LogP contribution in [0, 0.1) is 6.92 Å². The molecule has 0 aliphatic rings. The lowest BCUT2D eigenvalue weighted by atomic mass is 10.1. The zero-order chi connectivity index (χ0) is 27.3. The Balaban J connectivity index is 1.59. The lowest BCUT2D eigenvalue weighted by molar-refractivity contribution is -0.274. The highest BCUT2D eigenvalue weighted by Gasteiger charge is 2.31. The molecule has 1 N–H and O–H groups in total. The van der Waals surface area contributed by atoms with E-state index in [2.05, 4.69) is 4.74 Å². The molecule has 3 aromatic carbocycles. The second kappa shape index (κ2) is 11.8. The first-order chi connectivity index (χ1) is 18.1. The van der Waals surface area contributed by atoms with Crippen molar-refractivity contribution in [1.82, 2.24) is 4.98 Å². The molecular formula is C27H22F3NO5S2. The molecule has 4 aromatic rings. The van der Waals surface area contributed by atoms with Gasteiger partial charge in [0.05, 0.1) is 10.6 Å². The number of aliphatic carboxylic acids is 1. The molecule has 0 saturated heterocycles. The molecule has 0 spiro atoms. The van der Waals surface area contributed by atoms with E-state index in [4.69, 9.17) is 19.6 Å². The standard InChI is InChI=1S/C27H22F3NO5S2/c1-16-13-20(9-12-22(16)35-15-24(32)33)34-14-23-31-25(17-3-7-19(8-4-17)36-27(28,29)30)26(38-23)18-5-10-21(37-2)11-6-18/h3-13H,14-15H2,1-2H3,(H,32,33). The molecule has 0 atom stereocenters. The molecule has 4 rings (SSSR count). The average Bonchev–Trinajstić information content (AvgIpc) is 3.30. The van der Waals surface area contributed by atoms with Crippen molar-refractivity contribution in [3.63, 3.8) is 0 Å². The van der Waals surface area contributed by atoms with Gasteiger partial charge in [-0.15, -0.1) is 36.3 Å². The number of halogens is 3. The molecule has 0 aliphatic carbocycles. The van der Waals surface area contributed by atoms with Gasteiger partial charge in [-0.25, -0.2) is 9.78 Å². The van der Waals surface area contributed by atoms with Gasteiger partial charge in [-0.1, -0.05) is 12.1 Å². The monoisotopic (exact) mass is 561 g/mol. The first kappa shape index (κ1) is 27.3. The van der Waals surface area contributed by atoms with Gasteiger partial charge in [0.1, 0.15) is 28.9 Å². The van der Waals surface area contributed by atoms with E-state index < -0.39 is 18.9 Å². The van der Waals surface area contributed by atoms with E-state index in [0.717, 1.165) is 20.9 Å². The number of hydrogen-bond donors (Lipinski definition) is 1. The third kappa shape index (κ3) is 7.20. The van der Waals surface area contributed by atoms with Crippen LogP contribution >= 0.6 is 23.1 Å². The van der Waals surface area contributed by atoms with Crippen LogP contribution in [0.2, 0.25) is 0 Å². The minimum absolute atomic E-state index is 0.157.